The number of aromatic nitrogens is 5. The van der Waals surface area contributed by atoms with E-state index in [2.05, 4.69) is 30.9 Å². The minimum Gasteiger partial charge on any atom is -0.483 e. The van der Waals surface area contributed by atoms with Crippen molar-refractivity contribution in [2.75, 3.05) is 52.5 Å². The zero-order chi connectivity index (χ0) is 34.3. The minimum absolute atomic E-state index is 0.0692. The molecule has 2 aliphatic rings. The largest absolute Gasteiger partial charge is 0.483 e. The van der Waals surface area contributed by atoms with Crippen molar-refractivity contribution in [1.29, 1.82) is 0 Å². The molecule has 5 rings (SSSR count). The number of piperazine rings is 1. The van der Waals surface area contributed by atoms with Gasteiger partial charge in [-0.25, -0.2) is 18.6 Å². The second-order valence-electron chi connectivity index (χ2n) is 11.9. The predicted molar refractivity (Wildman–Crippen MR) is 166 cm³/mol. The molecule has 258 valence electrons. The summed E-state index contributed by atoms with van der Waals surface area (Å²) in [6.45, 7) is 4.00. The van der Waals surface area contributed by atoms with Crippen molar-refractivity contribution < 1.29 is 37.4 Å². The third-order valence-electron chi connectivity index (χ3n) is 8.26. The number of alkyl halides is 2. The molecule has 0 radical (unpaired) electrons. The van der Waals surface area contributed by atoms with E-state index in [0.717, 1.165) is 23.3 Å². The Kier molecular flexibility index (Phi) is 11.0. The van der Waals surface area contributed by atoms with Crippen LogP contribution in [-0.2, 0) is 20.7 Å². The number of nitrogens with one attached hydrogen (secondary N) is 2. The molecule has 2 aliphatic heterocycles. The first-order valence-electron chi connectivity index (χ1n) is 16.0. The van der Waals surface area contributed by atoms with Crippen molar-refractivity contribution in [3.05, 3.63) is 41.3 Å². The Labute approximate surface area is 275 Å². The first-order valence-corrected chi connectivity index (χ1v) is 16.0. The number of carbonyl (C=O) groups excluding carboxylic acids is 4. The van der Waals surface area contributed by atoms with E-state index >= 15 is 0 Å². The second kappa shape index (κ2) is 15.3. The fourth-order valence-corrected chi connectivity index (χ4v) is 5.50. The number of nitrogens with zero attached hydrogens (tertiary/aromatic N) is 7. The summed E-state index contributed by atoms with van der Waals surface area (Å²) in [5, 5.41) is 17.1. The third-order valence-corrected chi connectivity index (χ3v) is 8.26. The van der Waals surface area contributed by atoms with Gasteiger partial charge in [0.15, 0.2) is 12.4 Å². The summed E-state index contributed by atoms with van der Waals surface area (Å²) in [6.07, 6.45) is 1.21. The number of fused-ring (bicyclic) bond motifs is 1. The summed E-state index contributed by atoms with van der Waals surface area (Å²) < 4.78 is 38.4. The normalized spacial score (nSPS) is 16.5. The average Bonchev–Trinajstić information content (AvgIpc) is 3.74. The van der Waals surface area contributed by atoms with Crippen LogP contribution in [-0.4, -0.2) is 129 Å². The number of H-pyrrole nitrogens is 1. The number of likely N-dealkylation sites (tertiary alicyclic amines) is 1. The Hall–Kier alpha value is -4.96. The fraction of sp³-hybridized carbons (Fsp3) is 0.548. The number of unbranched alkanes of at least 4 members (excludes halogenated alkanes) is 1. The van der Waals surface area contributed by atoms with Gasteiger partial charge in [-0.05, 0) is 37.5 Å². The molecule has 4 heterocycles. The monoisotopic (exact) mass is 671 g/mol. The highest BCUT2D eigenvalue weighted by Gasteiger charge is 2.40. The highest BCUT2D eigenvalue weighted by Crippen LogP contribution is 2.29. The SMILES string of the molecule is CCCCOC(=O)N1CCN(C(=O)[C@H](CCc2nn[nH]n2)NC(=O)c2cc(OCC(=O)N3CCC(F)(F)C3)c3ccc(C)cc3n2)CC1. The summed E-state index contributed by atoms with van der Waals surface area (Å²) in [6, 6.07) is 5.66. The molecule has 1 atom stereocenters. The smallest absolute Gasteiger partial charge is 0.409 e. The number of aromatic amines is 1. The summed E-state index contributed by atoms with van der Waals surface area (Å²) in [5.74, 6) is -4.03. The Morgan fingerprint density at radius 1 is 1.06 bits per heavy atom. The van der Waals surface area contributed by atoms with Crippen LogP contribution in [0.5, 0.6) is 5.75 Å². The van der Waals surface area contributed by atoms with Crippen molar-refractivity contribution >= 4 is 34.7 Å². The van der Waals surface area contributed by atoms with Gasteiger partial charge in [0.2, 0.25) is 5.91 Å². The Morgan fingerprint density at radius 2 is 1.83 bits per heavy atom. The fourth-order valence-electron chi connectivity index (χ4n) is 5.50. The molecule has 0 aliphatic carbocycles. The van der Waals surface area contributed by atoms with Crippen LogP contribution in [0.25, 0.3) is 10.9 Å². The summed E-state index contributed by atoms with van der Waals surface area (Å²) in [5.41, 5.74) is 1.20. The maximum atomic E-state index is 13.8. The molecule has 3 aromatic rings. The molecule has 4 amide bonds. The molecular formula is C31H39F2N9O6. The van der Waals surface area contributed by atoms with Crippen LogP contribution in [0.15, 0.2) is 24.3 Å². The Morgan fingerprint density at radius 3 is 2.52 bits per heavy atom. The van der Waals surface area contributed by atoms with Crippen molar-refractivity contribution in [2.24, 2.45) is 0 Å². The maximum absolute atomic E-state index is 13.8. The van der Waals surface area contributed by atoms with Gasteiger partial charge in [-0.1, -0.05) is 24.6 Å². The van der Waals surface area contributed by atoms with Crippen molar-refractivity contribution in [2.45, 2.75) is 57.9 Å². The van der Waals surface area contributed by atoms with Crippen LogP contribution in [0, 0.1) is 6.92 Å². The number of hydrogen-bond donors (Lipinski definition) is 2. The highest BCUT2D eigenvalue weighted by molar-refractivity contribution is 5.99. The van der Waals surface area contributed by atoms with Crippen LogP contribution < -0.4 is 10.1 Å². The summed E-state index contributed by atoms with van der Waals surface area (Å²) >= 11 is 0. The van der Waals surface area contributed by atoms with E-state index < -0.39 is 49.4 Å². The number of tetrazole rings is 1. The van der Waals surface area contributed by atoms with Gasteiger partial charge in [-0.2, -0.15) is 5.21 Å². The molecule has 2 N–H and O–H groups in total. The van der Waals surface area contributed by atoms with Gasteiger partial charge >= 0.3 is 6.09 Å². The van der Waals surface area contributed by atoms with Crippen LogP contribution in [0.1, 0.15) is 54.5 Å². The maximum Gasteiger partial charge on any atom is 0.409 e. The average molecular weight is 672 g/mol. The zero-order valence-electron chi connectivity index (χ0n) is 26.9. The predicted octanol–water partition coefficient (Wildman–Crippen LogP) is 2.11. The van der Waals surface area contributed by atoms with Crippen molar-refractivity contribution in [3.63, 3.8) is 0 Å². The first-order chi connectivity index (χ1) is 23.0. The number of pyridine rings is 1. The van der Waals surface area contributed by atoms with Gasteiger partial charge in [0.25, 0.3) is 17.7 Å². The number of ether oxygens (including phenoxy) is 2. The molecule has 2 aromatic heterocycles. The van der Waals surface area contributed by atoms with E-state index in [1.807, 2.05) is 19.9 Å². The van der Waals surface area contributed by atoms with Crippen LogP contribution in [0.3, 0.4) is 0 Å². The third kappa shape index (κ3) is 8.68. The zero-order valence-corrected chi connectivity index (χ0v) is 26.9. The van der Waals surface area contributed by atoms with Gasteiger partial charge < -0.3 is 29.5 Å². The van der Waals surface area contributed by atoms with Gasteiger partial charge in [0, 0.05) is 57.0 Å². The van der Waals surface area contributed by atoms with E-state index in [-0.39, 0.29) is 62.9 Å². The number of benzene rings is 1. The number of carbonyl (C=O) groups is 4. The molecular weight excluding hydrogens is 632 g/mol. The molecule has 48 heavy (non-hydrogen) atoms. The molecule has 2 fully saturated rings. The molecule has 0 bridgehead atoms. The first kappa shape index (κ1) is 34.4. The van der Waals surface area contributed by atoms with E-state index in [0.29, 0.717) is 23.3 Å². The second-order valence-corrected chi connectivity index (χ2v) is 11.9. The topological polar surface area (TPSA) is 176 Å². The molecule has 2 saturated heterocycles. The van der Waals surface area contributed by atoms with E-state index in [1.165, 1.54) is 6.07 Å². The van der Waals surface area contributed by atoms with E-state index in [9.17, 15) is 28.0 Å². The van der Waals surface area contributed by atoms with Crippen LogP contribution in [0.4, 0.5) is 13.6 Å². The molecule has 0 spiro atoms. The standard InChI is InChI=1S/C31H39F2N9O6/c1-3-4-15-47-30(46)41-13-11-40(12-14-41)29(45)22(7-8-26-36-38-39-37-26)35-28(44)24-17-25(21-6-5-20(2)16-23(21)34-24)48-18-27(43)42-10-9-31(32,33)19-42/h5-6,16-17,22H,3-4,7-15,18-19H2,1-2H3,(H,35,44)(H,36,37,38,39)/t22-/m0/s1. The van der Waals surface area contributed by atoms with Gasteiger partial charge in [0.1, 0.15) is 17.5 Å². The Balaban J connectivity index is 1.30. The lowest BCUT2D eigenvalue weighted by molar-refractivity contribution is -0.135. The minimum atomic E-state index is -2.94. The van der Waals surface area contributed by atoms with E-state index in [1.54, 1.807) is 21.9 Å². The lowest BCUT2D eigenvalue weighted by atomic mass is 10.1. The Bertz CT molecular complexity index is 1620. The summed E-state index contributed by atoms with van der Waals surface area (Å²) in [7, 11) is 0. The highest BCUT2D eigenvalue weighted by atomic mass is 19.3. The van der Waals surface area contributed by atoms with Crippen LogP contribution >= 0.6 is 0 Å². The lowest BCUT2D eigenvalue weighted by Crippen LogP contribution is -2.56. The molecule has 0 saturated carbocycles. The number of rotatable bonds is 12. The number of amides is 4. The summed E-state index contributed by atoms with van der Waals surface area (Å²) in [4.78, 5) is 61.2. The van der Waals surface area contributed by atoms with Crippen molar-refractivity contribution in [1.82, 2.24) is 45.6 Å². The number of aryl methyl sites for hydroxylation is 2. The molecule has 1 aromatic carbocycles. The van der Waals surface area contributed by atoms with Gasteiger partial charge in [-0.3, -0.25) is 14.4 Å². The molecule has 15 nitrogen and oxygen atoms in total. The van der Waals surface area contributed by atoms with Crippen LogP contribution in [0.2, 0.25) is 0 Å². The van der Waals surface area contributed by atoms with E-state index in [4.69, 9.17) is 9.47 Å². The molecule has 0 unspecified atom stereocenters. The number of halogens is 2. The number of hydrogen-bond acceptors (Lipinski definition) is 10. The lowest BCUT2D eigenvalue weighted by Gasteiger charge is -2.36. The van der Waals surface area contributed by atoms with Gasteiger partial charge in [0.05, 0.1) is 18.7 Å². The quantitative estimate of drug-likeness (QED) is 0.271. The molecule has 17 heteroatoms. The van der Waals surface area contributed by atoms with Crippen molar-refractivity contribution in [3.8, 4) is 5.75 Å². The van der Waals surface area contributed by atoms with Gasteiger partial charge in [-0.15, -0.1) is 10.2 Å².